The maximum Gasteiger partial charge on any atom is 0.0194 e. The Morgan fingerprint density at radius 2 is 2.09 bits per heavy atom. The van der Waals surface area contributed by atoms with Gasteiger partial charge in [-0.15, -0.1) is 6.58 Å². The van der Waals surface area contributed by atoms with Crippen LogP contribution in [0.5, 0.6) is 0 Å². The molecule has 0 spiro atoms. The first-order valence-electron chi connectivity index (χ1n) is 4.07. The molecule has 0 saturated carbocycles. The smallest absolute Gasteiger partial charge is 0.0194 e. The van der Waals surface area contributed by atoms with Gasteiger partial charge in [0.2, 0.25) is 0 Å². The summed E-state index contributed by atoms with van der Waals surface area (Å²) in [5.41, 5.74) is 1.15. The number of hydrogen-bond donors (Lipinski definition) is 0. The van der Waals surface area contributed by atoms with E-state index in [9.17, 15) is 0 Å². The third kappa shape index (κ3) is 4.65. The molecule has 11 heavy (non-hydrogen) atoms. The van der Waals surface area contributed by atoms with Crippen LogP contribution in [0.1, 0.15) is 20.3 Å². The lowest BCUT2D eigenvalue weighted by Gasteiger charge is -2.22. The van der Waals surface area contributed by atoms with E-state index in [1.165, 1.54) is 0 Å². The van der Waals surface area contributed by atoms with Gasteiger partial charge in [-0.25, -0.2) is 0 Å². The fourth-order valence-corrected chi connectivity index (χ4v) is 0.999. The number of rotatable bonds is 5. The van der Waals surface area contributed by atoms with E-state index in [1.54, 1.807) is 0 Å². The van der Waals surface area contributed by atoms with Crippen LogP contribution in [0.15, 0.2) is 24.9 Å². The molecule has 64 valence electrons. The van der Waals surface area contributed by atoms with Gasteiger partial charge >= 0.3 is 0 Å². The van der Waals surface area contributed by atoms with E-state index in [0.717, 1.165) is 18.7 Å². The van der Waals surface area contributed by atoms with E-state index in [-0.39, 0.29) is 0 Å². The number of hydrogen-bond acceptors (Lipinski definition) is 1. The minimum atomic E-state index is 0.696. The molecule has 0 amide bonds. The third-order valence-corrected chi connectivity index (χ3v) is 1.56. The van der Waals surface area contributed by atoms with Crippen LogP contribution in [0.25, 0.3) is 0 Å². The molecule has 0 N–H and O–H groups in total. The van der Waals surface area contributed by atoms with Crippen LogP contribution in [-0.4, -0.2) is 18.5 Å². The Morgan fingerprint density at radius 1 is 1.55 bits per heavy atom. The standard InChI is InChI=1S/C10H19N/c1-6-7-10(4)11(5)8-9(2)3/h6,9H,1,4,7-8H2,2-3,5H3. The molecule has 1 heteroatoms. The van der Waals surface area contributed by atoms with Crippen LogP contribution in [0.4, 0.5) is 0 Å². The maximum atomic E-state index is 3.95. The van der Waals surface area contributed by atoms with Gasteiger partial charge in [0.1, 0.15) is 0 Å². The van der Waals surface area contributed by atoms with E-state index >= 15 is 0 Å². The average molecular weight is 153 g/mol. The van der Waals surface area contributed by atoms with Crippen molar-refractivity contribution in [2.75, 3.05) is 13.6 Å². The van der Waals surface area contributed by atoms with Crippen LogP contribution in [-0.2, 0) is 0 Å². The van der Waals surface area contributed by atoms with Gasteiger partial charge in [0.15, 0.2) is 0 Å². The molecule has 0 rings (SSSR count). The van der Waals surface area contributed by atoms with E-state index in [0.29, 0.717) is 5.92 Å². The second-order valence-electron chi connectivity index (χ2n) is 3.33. The quantitative estimate of drug-likeness (QED) is 0.549. The van der Waals surface area contributed by atoms with E-state index in [4.69, 9.17) is 0 Å². The van der Waals surface area contributed by atoms with Crippen molar-refractivity contribution in [3.63, 3.8) is 0 Å². The van der Waals surface area contributed by atoms with Crippen LogP contribution in [0.3, 0.4) is 0 Å². The van der Waals surface area contributed by atoms with Crippen molar-refractivity contribution in [2.45, 2.75) is 20.3 Å². The lowest BCUT2D eigenvalue weighted by atomic mass is 10.2. The molecule has 0 aliphatic heterocycles. The number of allylic oxidation sites excluding steroid dienone is 1. The molecule has 0 bridgehead atoms. The molecule has 0 heterocycles. The Bertz CT molecular complexity index is 136. The summed E-state index contributed by atoms with van der Waals surface area (Å²) in [7, 11) is 2.08. The monoisotopic (exact) mass is 153 g/mol. The van der Waals surface area contributed by atoms with Gasteiger partial charge in [-0.1, -0.05) is 26.5 Å². The summed E-state index contributed by atoms with van der Waals surface area (Å²) in [5.74, 6) is 0.696. The molecule has 0 fully saturated rings. The first-order chi connectivity index (χ1) is 5.07. The van der Waals surface area contributed by atoms with Crippen LogP contribution < -0.4 is 0 Å². The van der Waals surface area contributed by atoms with Gasteiger partial charge in [0, 0.05) is 25.7 Å². The highest BCUT2D eigenvalue weighted by atomic mass is 15.1. The molecule has 0 radical (unpaired) electrons. The summed E-state index contributed by atoms with van der Waals surface area (Å²) in [5, 5.41) is 0. The highest BCUT2D eigenvalue weighted by molar-refractivity contribution is 4.98. The van der Waals surface area contributed by atoms with Gasteiger partial charge in [-0.3, -0.25) is 0 Å². The second-order valence-corrected chi connectivity index (χ2v) is 3.33. The topological polar surface area (TPSA) is 3.24 Å². The van der Waals surface area contributed by atoms with Crippen molar-refractivity contribution in [2.24, 2.45) is 5.92 Å². The van der Waals surface area contributed by atoms with E-state index in [1.807, 2.05) is 6.08 Å². The van der Waals surface area contributed by atoms with Crippen LogP contribution in [0.2, 0.25) is 0 Å². The van der Waals surface area contributed by atoms with Crippen molar-refractivity contribution in [1.82, 2.24) is 4.90 Å². The molecule has 0 aromatic rings. The van der Waals surface area contributed by atoms with Gasteiger partial charge < -0.3 is 4.90 Å². The van der Waals surface area contributed by atoms with E-state index in [2.05, 4.69) is 39.0 Å². The molecule has 0 unspecified atom stereocenters. The molecular weight excluding hydrogens is 134 g/mol. The maximum absolute atomic E-state index is 3.95. The van der Waals surface area contributed by atoms with Gasteiger partial charge in [-0.05, 0) is 5.92 Å². The second kappa shape index (κ2) is 5.00. The fraction of sp³-hybridized carbons (Fsp3) is 0.600. The molecule has 0 aromatic heterocycles. The average Bonchev–Trinajstić information content (AvgIpc) is 1.86. The van der Waals surface area contributed by atoms with Crippen LogP contribution >= 0.6 is 0 Å². The minimum Gasteiger partial charge on any atom is -0.378 e. The van der Waals surface area contributed by atoms with Crippen molar-refractivity contribution in [3.8, 4) is 0 Å². The molecule has 0 aliphatic carbocycles. The zero-order valence-electron chi connectivity index (χ0n) is 7.93. The zero-order chi connectivity index (χ0) is 8.85. The van der Waals surface area contributed by atoms with Gasteiger partial charge in [-0.2, -0.15) is 0 Å². The Morgan fingerprint density at radius 3 is 2.45 bits per heavy atom. The largest absolute Gasteiger partial charge is 0.378 e. The molecule has 0 saturated heterocycles. The minimum absolute atomic E-state index is 0.696. The normalized spacial score (nSPS) is 9.82. The summed E-state index contributed by atoms with van der Waals surface area (Å²) in [6.07, 6.45) is 2.78. The van der Waals surface area contributed by atoms with E-state index < -0.39 is 0 Å². The van der Waals surface area contributed by atoms with Gasteiger partial charge in [0.25, 0.3) is 0 Å². The predicted octanol–water partition coefficient (Wildman–Crippen LogP) is 2.66. The highest BCUT2D eigenvalue weighted by Gasteiger charge is 2.01. The summed E-state index contributed by atoms with van der Waals surface area (Å²) < 4.78 is 0. The highest BCUT2D eigenvalue weighted by Crippen LogP contribution is 2.06. The van der Waals surface area contributed by atoms with Crippen molar-refractivity contribution in [1.29, 1.82) is 0 Å². The Hall–Kier alpha value is -0.720. The summed E-state index contributed by atoms with van der Waals surface area (Å²) in [4.78, 5) is 2.19. The summed E-state index contributed by atoms with van der Waals surface area (Å²) in [6.45, 7) is 13.1. The van der Waals surface area contributed by atoms with Crippen molar-refractivity contribution in [3.05, 3.63) is 24.9 Å². The number of nitrogens with zero attached hydrogens (tertiary/aromatic N) is 1. The molecular formula is C10H19N. The molecule has 0 aliphatic rings. The fourth-order valence-electron chi connectivity index (χ4n) is 0.999. The summed E-state index contributed by atoms with van der Waals surface area (Å²) in [6, 6.07) is 0. The van der Waals surface area contributed by atoms with Gasteiger partial charge in [0.05, 0.1) is 0 Å². The first kappa shape index (κ1) is 10.3. The molecule has 1 nitrogen and oxygen atoms in total. The SMILES string of the molecule is C=CCC(=C)N(C)CC(C)C. The third-order valence-electron chi connectivity index (χ3n) is 1.56. The Balaban J connectivity index is 3.72. The Kier molecular flexibility index (Phi) is 4.67. The Labute approximate surface area is 70.4 Å². The van der Waals surface area contributed by atoms with Crippen molar-refractivity contribution < 1.29 is 0 Å². The molecule has 0 atom stereocenters. The van der Waals surface area contributed by atoms with Crippen LogP contribution in [0, 0.1) is 5.92 Å². The van der Waals surface area contributed by atoms with Crippen molar-refractivity contribution >= 4 is 0 Å². The predicted molar refractivity (Wildman–Crippen MR) is 51.4 cm³/mol. The molecule has 0 aromatic carbocycles. The summed E-state index contributed by atoms with van der Waals surface area (Å²) >= 11 is 0. The lowest BCUT2D eigenvalue weighted by Crippen LogP contribution is -2.21. The zero-order valence-corrected chi connectivity index (χ0v) is 7.93. The lowest BCUT2D eigenvalue weighted by molar-refractivity contribution is 0.357. The first-order valence-corrected chi connectivity index (χ1v) is 4.07.